The molecule has 1 aromatic heterocycles. The average molecular weight is 260 g/mol. The molecule has 7 heteroatoms. The van der Waals surface area contributed by atoms with Gasteiger partial charge in [-0.2, -0.15) is 5.10 Å². The second kappa shape index (κ2) is 4.60. The lowest BCUT2D eigenvalue weighted by atomic mass is 10.2. The third-order valence-corrected chi connectivity index (χ3v) is 2.82. The fraction of sp³-hybridized carbons (Fsp3) is 0.250. The summed E-state index contributed by atoms with van der Waals surface area (Å²) in [7, 11) is 1.70. The van der Waals surface area contributed by atoms with Gasteiger partial charge in [-0.25, -0.2) is 4.98 Å². The highest BCUT2D eigenvalue weighted by Gasteiger charge is 2.18. The molecule has 0 saturated carbocycles. The molecule has 0 spiro atoms. The Balaban J connectivity index is 1.76. The molecule has 1 amide bonds. The molecule has 98 valence electrons. The number of carbonyl (C=O) groups excluding carboxylic acids is 1. The van der Waals surface area contributed by atoms with Crippen molar-refractivity contribution >= 4 is 5.91 Å². The van der Waals surface area contributed by atoms with Crippen LogP contribution in [0.3, 0.4) is 0 Å². The highest BCUT2D eigenvalue weighted by molar-refractivity contribution is 5.94. The number of benzene rings is 1. The molecule has 0 unspecified atom stereocenters. The predicted octanol–water partition coefficient (Wildman–Crippen LogP) is 0.806. The van der Waals surface area contributed by atoms with Crippen molar-refractivity contribution in [2.24, 2.45) is 0 Å². The first-order chi connectivity index (χ1) is 9.24. The van der Waals surface area contributed by atoms with Gasteiger partial charge in [-0.15, -0.1) is 0 Å². The number of fused-ring (bicyclic) bond motifs is 1. The van der Waals surface area contributed by atoms with Gasteiger partial charge in [0, 0.05) is 12.6 Å². The number of H-pyrrole nitrogens is 1. The minimum absolute atomic E-state index is 0.116. The van der Waals surface area contributed by atoms with Gasteiger partial charge in [0.15, 0.2) is 11.5 Å². The van der Waals surface area contributed by atoms with Crippen molar-refractivity contribution in [3.63, 3.8) is 0 Å². The number of hydrogen-bond donors (Lipinski definition) is 1. The van der Waals surface area contributed by atoms with E-state index in [9.17, 15) is 4.79 Å². The Morgan fingerprint density at radius 2 is 2.26 bits per heavy atom. The normalized spacial score (nSPS) is 12.5. The van der Waals surface area contributed by atoms with Gasteiger partial charge >= 0.3 is 0 Å². The van der Waals surface area contributed by atoms with Crippen LogP contribution in [0.2, 0.25) is 0 Å². The minimum Gasteiger partial charge on any atom is -0.454 e. The van der Waals surface area contributed by atoms with Crippen LogP contribution in [0.1, 0.15) is 16.2 Å². The lowest BCUT2D eigenvalue weighted by molar-refractivity contribution is 0.0781. The Hall–Kier alpha value is -2.57. The summed E-state index contributed by atoms with van der Waals surface area (Å²) < 4.78 is 10.5. The molecule has 0 bridgehead atoms. The summed E-state index contributed by atoms with van der Waals surface area (Å²) in [6.45, 7) is 0.564. The third kappa shape index (κ3) is 2.22. The molecular weight excluding hydrogens is 248 g/mol. The van der Waals surface area contributed by atoms with Crippen LogP contribution in [0.4, 0.5) is 0 Å². The second-order valence-corrected chi connectivity index (χ2v) is 4.16. The SMILES string of the molecule is CN(Cc1ncn[nH]1)C(=O)c1ccc2c(c1)OCO2. The molecule has 2 heterocycles. The van der Waals surface area contributed by atoms with E-state index in [2.05, 4.69) is 15.2 Å². The van der Waals surface area contributed by atoms with Crippen LogP contribution in [0.15, 0.2) is 24.5 Å². The van der Waals surface area contributed by atoms with Gasteiger partial charge in [0.2, 0.25) is 6.79 Å². The molecule has 1 N–H and O–H groups in total. The van der Waals surface area contributed by atoms with Crippen LogP contribution >= 0.6 is 0 Å². The molecule has 1 aromatic carbocycles. The van der Waals surface area contributed by atoms with Crippen LogP contribution in [0.25, 0.3) is 0 Å². The van der Waals surface area contributed by atoms with Gasteiger partial charge in [0.1, 0.15) is 12.2 Å². The molecule has 2 aromatic rings. The first-order valence-electron chi connectivity index (χ1n) is 5.73. The van der Waals surface area contributed by atoms with Crippen molar-refractivity contribution in [3.8, 4) is 11.5 Å². The molecule has 0 aliphatic carbocycles. The van der Waals surface area contributed by atoms with Gasteiger partial charge in [-0.05, 0) is 18.2 Å². The Morgan fingerprint density at radius 1 is 1.42 bits per heavy atom. The van der Waals surface area contributed by atoms with Gasteiger partial charge < -0.3 is 14.4 Å². The highest BCUT2D eigenvalue weighted by Crippen LogP contribution is 2.32. The van der Waals surface area contributed by atoms with E-state index in [-0.39, 0.29) is 12.7 Å². The maximum atomic E-state index is 12.2. The van der Waals surface area contributed by atoms with E-state index in [1.165, 1.54) is 6.33 Å². The Morgan fingerprint density at radius 3 is 3.05 bits per heavy atom. The van der Waals surface area contributed by atoms with Crippen molar-refractivity contribution in [1.82, 2.24) is 20.1 Å². The smallest absolute Gasteiger partial charge is 0.254 e. The highest BCUT2D eigenvalue weighted by atomic mass is 16.7. The molecule has 1 aliphatic heterocycles. The largest absolute Gasteiger partial charge is 0.454 e. The molecule has 7 nitrogen and oxygen atoms in total. The van der Waals surface area contributed by atoms with Crippen molar-refractivity contribution in [1.29, 1.82) is 0 Å². The van der Waals surface area contributed by atoms with E-state index in [0.29, 0.717) is 29.4 Å². The van der Waals surface area contributed by atoms with E-state index in [1.54, 1.807) is 30.1 Å². The quantitative estimate of drug-likeness (QED) is 0.883. The zero-order chi connectivity index (χ0) is 13.2. The molecular formula is C12H12N4O3. The Kier molecular flexibility index (Phi) is 2.79. The van der Waals surface area contributed by atoms with Crippen molar-refractivity contribution < 1.29 is 14.3 Å². The van der Waals surface area contributed by atoms with Crippen LogP contribution in [-0.2, 0) is 6.54 Å². The lowest BCUT2D eigenvalue weighted by Gasteiger charge is -2.15. The predicted molar refractivity (Wildman–Crippen MR) is 64.7 cm³/mol. The van der Waals surface area contributed by atoms with Crippen LogP contribution in [-0.4, -0.2) is 39.8 Å². The zero-order valence-electron chi connectivity index (χ0n) is 10.3. The van der Waals surface area contributed by atoms with Gasteiger partial charge in [-0.3, -0.25) is 9.89 Å². The number of aromatic nitrogens is 3. The molecule has 19 heavy (non-hydrogen) atoms. The first kappa shape index (κ1) is 11.5. The van der Waals surface area contributed by atoms with Crippen molar-refractivity contribution in [2.75, 3.05) is 13.8 Å². The second-order valence-electron chi connectivity index (χ2n) is 4.16. The number of nitrogens with zero attached hydrogens (tertiary/aromatic N) is 3. The third-order valence-electron chi connectivity index (χ3n) is 2.82. The standard InChI is InChI=1S/C12H12N4O3/c1-16(5-11-13-6-14-15-11)12(17)8-2-3-9-10(4-8)19-7-18-9/h2-4,6H,5,7H2,1H3,(H,13,14,15). The number of hydrogen-bond acceptors (Lipinski definition) is 5. The zero-order valence-corrected chi connectivity index (χ0v) is 10.3. The summed E-state index contributed by atoms with van der Waals surface area (Å²) in [6, 6.07) is 5.13. The molecule has 0 saturated heterocycles. The summed E-state index contributed by atoms with van der Waals surface area (Å²) in [6.07, 6.45) is 1.41. The summed E-state index contributed by atoms with van der Waals surface area (Å²) in [5.74, 6) is 1.78. The number of nitrogens with one attached hydrogen (secondary N) is 1. The summed E-state index contributed by atoms with van der Waals surface area (Å²) >= 11 is 0. The topological polar surface area (TPSA) is 80.3 Å². The molecule has 1 aliphatic rings. The van der Waals surface area contributed by atoms with Crippen molar-refractivity contribution in [2.45, 2.75) is 6.54 Å². The molecule has 0 radical (unpaired) electrons. The lowest BCUT2D eigenvalue weighted by Crippen LogP contribution is -2.26. The Labute approximate surface area is 109 Å². The maximum absolute atomic E-state index is 12.2. The van der Waals surface area contributed by atoms with Gasteiger partial charge in [0.25, 0.3) is 5.91 Å². The van der Waals surface area contributed by atoms with Gasteiger partial charge in [-0.1, -0.05) is 0 Å². The fourth-order valence-electron chi connectivity index (χ4n) is 1.85. The van der Waals surface area contributed by atoms with Crippen LogP contribution < -0.4 is 9.47 Å². The first-order valence-corrected chi connectivity index (χ1v) is 5.73. The minimum atomic E-state index is -0.116. The number of aromatic amines is 1. The monoisotopic (exact) mass is 260 g/mol. The maximum Gasteiger partial charge on any atom is 0.254 e. The number of ether oxygens (including phenoxy) is 2. The number of rotatable bonds is 3. The fourth-order valence-corrected chi connectivity index (χ4v) is 1.85. The summed E-state index contributed by atoms with van der Waals surface area (Å²) in [4.78, 5) is 17.8. The Bertz CT molecular complexity index is 597. The van der Waals surface area contributed by atoms with E-state index in [1.807, 2.05) is 0 Å². The summed E-state index contributed by atoms with van der Waals surface area (Å²) in [5, 5.41) is 6.46. The van der Waals surface area contributed by atoms with E-state index < -0.39 is 0 Å². The molecule has 0 fully saturated rings. The summed E-state index contributed by atoms with van der Waals surface area (Å²) in [5.41, 5.74) is 0.547. The van der Waals surface area contributed by atoms with E-state index in [4.69, 9.17) is 9.47 Å². The number of amides is 1. The average Bonchev–Trinajstić information content (AvgIpc) is 3.07. The van der Waals surface area contributed by atoms with Crippen LogP contribution in [0, 0.1) is 0 Å². The molecule has 3 rings (SSSR count). The van der Waals surface area contributed by atoms with Gasteiger partial charge in [0.05, 0.1) is 6.54 Å². The van der Waals surface area contributed by atoms with Crippen molar-refractivity contribution in [3.05, 3.63) is 35.9 Å². The number of carbonyl (C=O) groups is 1. The van der Waals surface area contributed by atoms with E-state index >= 15 is 0 Å². The van der Waals surface area contributed by atoms with E-state index in [0.717, 1.165) is 0 Å². The molecule has 0 atom stereocenters. The van der Waals surface area contributed by atoms with Crippen LogP contribution in [0.5, 0.6) is 11.5 Å².